The van der Waals surface area contributed by atoms with Gasteiger partial charge in [0, 0.05) is 16.6 Å². The van der Waals surface area contributed by atoms with E-state index in [0.29, 0.717) is 12.1 Å². The lowest BCUT2D eigenvalue weighted by Crippen LogP contribution is -2.28. The summed E-state index contributed by atoms with van der Waals surface area (Å²) in [6, 6.07) is 20.6. The summed E-state index contributed by atoms with van der Waals surface area (Å²) in [5.41, 5.74) is 2.27. The van der Waals surface area contributed by atoms with Crippen molar-refractivity contribution in [3.8, 4) is 11.8 Å². The SMILES string of the molecule is COc1ccc(N(Cc2cccs2)C(=O)C=Cc2ccc(C#N)cc2)cc1. The van der Waals surface area contributed by atoms with Gasteiger partial charge in [-0.2, -0.15) is 5.26 Å². The van der Waals surface area contributed by atoms with E-state index in [0.717, 1.165) is 21.9 Å². The second-order valence-electron chi connectivity index (χ2n) is 5.77. The minimum Gasteiger partial charge on any atom is -0.497 e. The monoisotopic (exact) mass is 374 g/mol. The number of carbonyl (C=O) groups is 1. The van der Waals surface area contributed by atoms with Gasteiger partial charge in [0.05, 0.1) is 25.3 Å². The number of thiophene rings is 1. The van der Waals surface area contributed by atoms with Gasteiger partial charge in [-0.3, -0.25) is 4.79 Å². The van der Waals surface area contributed by atoms with E-state index in [2.05, 4.69) is 6.07 Å². The van der Waals surface area contributed by atoms with E-state index in [9.17, 15) is 4.79 Å². The molecule has 5 heteroatoms. The first-order chi connectivity index (χ1) is 13.2. The number of methoxy groups -OCH3 is 1. The van der Waals surface area contributed by atoms with Gasteiger partial charge in [-0.15, -0.1) is 11.3 Å². The molecule has 2 aromatic carbocycles. The lowest BCUT2D eigenvalue weighted by Gasteiger charge is -2.21. The van der Waals surface area contributed by atoms with Crippen molar-refractivity contribution >= 4 is 29.0 Å². The summed E-state index contributed by atoms with van der Waals surface area (Å²) >= 11 is 1.62. The van der Waals surface area contributed by atoms with Gasteiger partial charge >= 0.3 is 0 Å². The molecule has 0 atom stereocenters. The molecule has 0 aliphatic carbocycles. The maximum atomic E-state index is 12.9. The Labute approximate surface area is 162 Å². The van der Waals surface area contributed by atoms with Gasteiger partial charge < -0.3 is 9.64 Å². The highest BCUT2D eigenvalue weighted by atomic mass is 32.1. The number of hydrogen-bond acceptors (Lipinski definition) is 4. The fourth-order valence-corrected chi connectivity index (χ4v) is 3.24. The fraction of sp³-hybridized carbons (Fsp3) is 0.0909. The Morgan fingerprint density at radius 3 is 2.48 bits per heavy atom. The van der Waals surface area contributed by atoms with Gasteiger partial charge in [-0.25, -0.2) is 0 Å². The zero-order chi connectivity index (χ0) is 19.1. The predicted molar refractivity (Wildman–Crippen MR) is 109 cm³/mol. The molecular weight excluding hydrogens is 356 g/mol. The molecule has 0 unspecified atom stereocenters. The third kappa shape index (κ3) is 4.84. The molecule has 0 fully saturated rings. The molecule has 0 saturated heterocycles. The van der Waals surface area contributed by atoms with Crippen LogP contribution in [0.2, 0.25) is 0 Å². The van der Waals surface area contributed by atoms with Crippen LogP contribution in [-0.4, -0.2) is 13.0 Å². The van der Waals surface area contributed by atoms with Crippen molar-refractivity contribution in [2.24, 2.45) is 0 Å². The first-order valence-electron chi connectivity index (χ1n) is 8.36. The topological polar surface area (TPSA) is 53.3 Å². The van der Waals surface area contributed by atoms with Crippen LogP contribution in [0.4, 0.5) is 5.69 Å². The molecule has 0 N–H and O–H groups in total. The number of ether oxygens (including phenoxy) is 1. The molecule has 3 rings (SSSR count). The van der Waals surface area contributed by atoms with Gasteiger partial charge in [0.15, 0.2) is 0 Å². The standard InChI is InChI=1S/C22H18N2O2S/c1-26-20-11-9-19(10-12-20)24(16-21-3-2-14-27-21)22(25)13-8-17-4-6-18(15-23)7-5-17/h2-14H,16H2,1H3. The maximum absolute atomic E-state index is 12.9. The number of carbonyl (C=O) groups excluding carboxylic acids is 1. The zero-order valence-corrected chi connectivity index (χ0v) is 15.6. The Balaban J connectivity index is 1.82. The first kappa shape index (κ1) is 18.4. The molecule has 0 radical (unpaired) electrons. The highest BCUT2D eigenvalue weighted by Gasteiger charge is 2.14. The van der Waals surface area contributed by atoms with Crippen LogP contribution in [0.15, 0.2) is 72.1 Å². The summed E-state index contributed by atoms with van der Waals surface area (Å²) in [7, 11) is 1.61. The summed E-state index contributed by atoms with van der Waals surface area (Å²) < 4.78 is 5.20. The normalized spacial score (nSPS) is 10.5. The van der Waals surface area contributed by atoms with Crippen LogP contribution in [0.5, 0.6) is 5.75 Å². The molecule has 1 heterocycles. The Hall–Kier alpha value is -3.36. The van der Waals surface area contributed by atoms with E-state index >= 15 is 0 Å². The summed E-state index contributed by atoms with van der Waals surface area (Å²) in [6.07, 6.45) is 3.31. The fourth-order valence-electron chi connectivity index (χ4n) is 2.54. The number of nitrogens with zero attached hydrogens (tertiary/aromatic N) is 2. The van der Waals surface area contributed by atoms with E-state index in [4.69, 9.17) is 10.00 Å². The van der Waals surface area contributed by atoms with Gasteiger partial charge in [-0.1, -0.05) is 18.2 Å². The minimum atomic E-state index is -0.113. The first-order valence-corrected chi connectivity index (χ1v) is 9.24. The van der Waals surface area contributed by atoms with Gasteiger partial charge in [0.2, 0.25) is 0 Å². The van der Waals surface area contributed by atoms with Crippen LogP contribution in [0, 0.1) is 11.3 Å². The number of anilines is 1. The lowest BCUT2D eigenvalue weighted by molar-refractivity contribution is -0.114. The van der Waals surface area contributed by atoms with Gasteiger partial charge in [-0.05, 0) is 59.5 Å². The van der Waals surface area contributed by atoms with Crippen LogP contribution in [0.1, 0.15) is 16.0 Å². The number of hydrogen-bond donors (Lipinski definition) is 0. The van der Waals surface area contributed by atoms with Crippen LogP contribution >= 0.6 is 11.3 Å². The Morgan fingerprint density at radius 2 is 1.89 bits per heavy atom. The molecular formula is C22H18N2O2S. The van der Waals surface area contributed by atoms with Gasteiger partial charge in [0.1, 0.15) is 5.75 Å². The number of benzene rings is 2. The molecule has 0 bridgehead atoms. The smallest absolute Gasteiger partial charge is 0.251 e. The second kappa shape index (κ2) is 8.84. The summed E-state index contributed by atoms with van der Waals surface area (Å²) in [5.74, 6) is 0.633. The molecule has 134 valence electrons. The average Bonchev–Trinajstić information content (AvgIpc) is 3.24. The van der Waals surface area contributed by atoms with Crippen LogP contribution in [0.3, 0.4) is 0 Å². The van der Waals surface area contributed by atoms with Crippen molar-refractivity contribution < 1.29 is 9.53 Å². The summed E-state index contributed by atoms with van der Waals surface area (Å²) in [4.78, 5) is 15.7. The largest absolute Gasteiger partial charge is 0.497 e. The van der Waals surface area contributed by atoms with E-state index in [1.807, 2.05) is 53.9 Å². The Morgan fingerprint density at radius 1 is 1.15 bits per heavy atom. The van der Waals surface area contributed by atoms with Crippen molar-refractivity contribution in [3.63, 3.8) is 0 Å². The van der Waals surface area contributed by atoms with Crippen molar-refractivity contribution in [3.05, 3.63) is 88.1 Å². The molecule has 4 nitrogen and oxygen atoms in total. The summed E-state index contributed by atoms with van der Waals surface area (Å²) in [6.45, 7) is 0.501. The van der Waals surface area contributed by atoms with Crippen molar-refractivity contribution in [2.45, 2.75) is 6.54 Å². The van der Waals surface area contributed by atoms with E-state index in [1.165, 1.54) is 0 Å². The van der Waals surface area contributed by atoms with E-state index < -0.39 is 0 Å². The molecule has 1 amide bonds. The molecule has 0 saturated carbocycles. The zero-order valence-electron chi connectivity index (χ0n) is 14.8. The van der Waals surface area contributed by atoms with Gasteiger partial charge in [0.25, 0.3) is 5.91 Å². The molecule has 3 aromatic rings. The van der Waals surface area contributed by atoms with E-state index in [1.54, 1.807) is 47.6 Å². The number of amides is 1. The van der Waals surface area contributed by atoms with Crippen molar-refractivity contribution in [2.75, 3.05) is 12.0 Å². The van der Waals surface area contributed by atoms with Crippen molar-refractivity contribution in [1.29, 1.82) is 5.26 Å². The van der Waals surface area contributed by atoms with Crippen LogP contribution < -0.4 is 9.64 Å². The third-order valence-electron chi connectivity index (χ3n) is 4.00. The molecule has 1 aromatic heterocycles. The molecule has 0 spiro atoms. The quantitative estimate of drug-likeness (QED) is 0.578. The highest BCUT2D eigenvalue weighted by Crippen LogP contribution is 2.23. The van der Waals surface area contributed by atoms with Crippen molar-refractivity contribution in [1.82, 2.24) is 0 Å². The number of rotatable bonds is 6. The third-order valence-corrected chi connectivity index (χ3v) is 4.86. The van der Waals surface area contributed by atoms with Crippen LogP contribution in [-0.2, 0) is 11.3 Å². The van der Waals surface area contributed by atoms with Crippen LogP contribution in [0.25, 0.3) is 6.08 Å². The molecule has 27 heavy (non-hydrogen) atoms. The van der Waals surface area contributed by atoms with E-state index in [-0.39, 0.29) is 5.91 Å². The Bertz CT molecular complexity index is 953. The number of nitriles is 1. The molecule has 0 aliphatic rings. The highest BCUT2D eigenvalue weighted by molar-refractivity contribution is 7.09. The lowest BCUT2D eigenvalue weighted by atomic mass is 10.1. The minimum absolute atomic E-state index is 0.113. The maximum Gasteiger partial charge on any atom is 0.251 e. The molecule has 0 aliphatic heterocycles. The predicted octanol–water partition coefficient (Wildman–Crippen LogP) is 4.87. The Kier molecular flexibility index (Phi) is 6.03. The summed E-state index contributed by atoms with van der Waals surface area (Å²) in [5, 5.41) is 10.9. The second-order valence-corrected chi connectivity index (χ2v) is 6.80. The average molecular weight is 374 g/mol.